The van der Waals surface area contributed by atoms with Crippen molar-refractivity contribution in [3.63, 3.8) is 0 Å². The fourth-order valence-electron chi connectivity index (χ4n) is 5.07. The summed E-state index contributed by atoms with van der Waals surface area (Å²) in [5.41, 5.74) is 0.672. The van der Waals surface area contributed by atoms with Crippen molar-refractivity contribution < 1.29 is 14.3 Å². The predicted molar refractivity (Wildman–Crippen MR) is 84.8 cm³/mol. The van der Waals surface area contributed by atoms with Crippen molar-refractivity contribution in [2.45, 2.75) is 13.3 Å². The number of amides is 2. The van der Waals surface area contributed by atoms with Crippen LogP contribution in [0.4, 0.5) is 5.69 Å². The normalized spacial score (nSPS) is 39.4. The molecule has 4 aliphatic carbocycles. The van der Waals surface area contributed by atoms with Crippen molar-refractivity contribution in [2.75, 3.05) is 11.5 Å². The zero-order valence-corrected chi connectivity index (χ0v) is 13.0. The van der Waals surface area contributed by atoms with E-state index >= 15 is 0 Å². The topological polar surface area (TPSA) is 46.6 Å². The minimum Gasteiger partial charge on any atom is -0.494 e. The summed E-state index contributed by atoms with van der Waals surface area (Å²) < 4.78 is 5.44. The van der Waals surface area contributed by atoms with Crippen LogP contribution in [0.3, 0.4) is 0 Å². The lowest BCUT2D eigenvalue weighted by atomic mass is 9.63. The van der Waals surface area contributed by atoms with Gasteiger partial charge >= 0.3 is 0 Å². The van der Waals surface area contributed by atoms with E-state index in [2.05, 4.69) is 12.2 Å². The first kappa shape index (κ1) is 13.3. The van der Waals surface area contributed by atoms with Gasteiger partial charge in [-0.25, -0.2) is 0 Å². The second-order valence-corrected chi connectivity index (χ2v) is 7.09. The molecule has 1 heterocycles. The molecule has 4 nitrogen and oxygen atoms in total. The Balaban J connectivity index is 1.49. The maximum atomic E-state index is 13.0. The van der Waals surface area contributed by atoms with Gasteiger partial charge in [-0.15, -0.1) is 0 Å². The molecule has 0 aromatic heterocycles. The minimum absolute atomic E-state index is 0.00569. The van der Waals surface area contributed by atoms with Crippen LogP contribution in [0.1, 0.15) is 13.3 Å². The van der Waals surface area contributed by atoms with E-state index in [0.29, 0.717) is 24.1 Å². The molecule has 3 fully saturated rings. The van der Waals surface area contributed by atoms with Gasteiger partial charge in [0, 0.05) is 0 Å². The fraction of sp³-hybridized carbons (Fsp3) is 0.474. The van der Waals surface area contributed by atoms with Crippen molar-refractivity contribution >= 4 is 17.5 Å². The molecule has 2 amide bonds. The van der Waals surface area contributed by atoms with E-state index in [9.17, 15) is 9.59 Å². The molecule has 0 radical (unpaired) electrons. The second kappa shape index (κ2) is 4.47. The maximum absolute atomic E-state index is 13.0. The number of hydrogen-bond donors (Lipinski definition) is 0. The highest BCUT2D eigenvalue weighted by Crippen LogP contribution is 2.65. The van der Waals surface area contributed by atoms with Gasteiger partial charge in [0.15, 0.2) is 0 Å². The quantitative estimate of drug-likeness (QED) is 0.637. The van der Waals surface area contributed by atoms with Crippen molar-refractivity contribution in [3.8, 4) is 5.75 Å². The first-order valence-corrected chi connectivity index (χ1v) is 8.49. The molecule has 1 saturated heterocycles. The van der Waals surface area contributed by atoms with Gasteiger partial charge in [0.05, 0.1) is 24.1 Å². The molecule has 1 aliphatic heterocycles. The Morgan fingerprint density at radius 3 is 2.09 bits per heavy atom. The number of carbonyl (C=O) groups is 2. The Labute approximate surface area is 135 Å². The Morgan fingerprint density at radius 1 is 1.00 bits per heavy atom. The zero-order chi connectivity index (χ0) is 15.7. The van der Waals surface area contributed by atoms with Crippen LogP contribution in [-0.2, 0) is 9.59 Å². The molecule has 1 aromatic carbocycles. The summed E-state index contributed by atoms with van der Waals surface area (Å²) >= 11 is 0. The van der Waals surface area contributed by atoms with Crippen LogP contribution in [0.25, 0.3) is 0 Å². The lowest BCUT2D eigenvalue weighted by Gasteiger charge is -2.37. The second-order valence-electron chi connectivity index (χ2n) is 7.09. The molecule has 0 N–H and O–H groups in total. The van der Waals surface area contributed by atoms with E-state index < -0.39 is 0 Å². The van der Waals surface area contributed by atoms with Gasteiger partial charge in [-0.3, -0.25) is 14.5 Å². The summed E-state index contributed by atoms with van der Waals surface area (Å²) in [6.07, 6.45) is 5.60. The third-order valence-corrected chi connectivity index (χ3v) is 6.07. The molecule has 118 valence electrons. The molecule has 5 aliphatic rings. The van der Waals surface area contributed by atoms with E-state index in [0.717, 1.165) is 5.75 Å². The molecule has 6 atom stereocenters. The maximum Gasteiger partial charge on any atom is 0.238 e. The number of anilines is 1. The summed E-state index contributed by atoms with van der Waals surface area (Å²) in [6, 6.07) is 7.28. The summed E-state index contributed by atoms with van der Waals surface area (Å²) in [5, 5.41) is 0. The van der Waals surface area contributed by atoms with Crippen LogP contribution >= 0.6 is 0 Å². The standard InChI is InChI=1S/C19H19NO3/c1-2-23-11-5-3-10(4-6-11)20-18(21)16-12-7-8-13(15-9-14(12)15)17(16)19(20)22/h3-8,12-17H,2,9H2,1H3/t12-,13-,14-,15-,16+,17+/m1/s1. The lowest BCUT2D eigenvalue weighted by molar-refractivity contribution is -0.124. The van der Waals surface area contributed by atoms with Crippen LogP contribution in [0, 0.1) is 35.5 Å². The van der Waals surface area contributed by atoms with E-state index in [1.165, 1.54) is 11.3 Å². The van der Waals surface area contributed by atoms with Crippen LogP contribution < -0.4 is 9.64 Å². The highest BCUT2D eigenvalue weighted by atomic mass is 16.5. The molecule has 23 heavy (non-hydrogen) atoms. The van der Waals surface area contributed by atoms with Crippen LogP contribution in [0.15, 0.2) is 36.4 Å². The van der Waals surface area contributed by atoms with Gasteiger partial charge in [-0.05, 0) is 61.3 Å². The SMILES string of the molecule is CCOc1ccc(N2C(=O)[C@H]3[C@@H]4C=C[C@H]([C@H]5C[C@H]45)[C@@H]3C2=O)cc1. The van der Waals surface area contributed by atoms with Gasteiger partial charge in [0.25, 0.3) is 0 Å². The molecule has 2 saturated carbocycles. The van der Waals surface area contributed by atoms with E-state index in [4.69, 9.17) is 4.74 Å². The first-order valence-electron chi connectivity index (χ1n) is 8.49. The number of imide groups is 1. The Hall–Kier alpha value is -2.10. The lowest BCUT2D eigenvalue weighted by Crippen LogP contribution is -2.40. The van der Waals surface area contributed by atoms with Gasteiger partial charge < -0.3 is 4.74 Å². The number of carbonyl (C=O) groups excluding carboxylic acids is 2. The molecule has 0 unspecified atom stereocenters. The van der Waals surface area contributed by atoms with Crippen LogP contribution in [0.5, 0.6) is 5.75 Å². The average molecular weight is 309 g/mol. The third-order valence-electron chi connectivity index (χ3n) is 6.07. The highest BCUT2D eigenvalue weighted by molar-refractivity contribution is 6.22. The predicted octanol–water partition coefficient (Wildman–Crippen LogP) is 2.64. The highest BCUT2D eigenvalue weighted by Gasteiger charge is 2.67. The largest absolute Gasteiger partial charge is 0.494 e. The number of allylic oxidation sites excluding steroid dienone is 2. The smallest absolute Gasteiger partial charge is 0.238 e. The number of nitrogens with zero attached hydrogens (tertiary/aromatic N) is 1. The van der Waals surface area contributed by atoms with Crippen molar-refractivity contribution in [2.24, 2.45) is 35.5 Å². The van der Waals surface area contributed by atoms with Gasteiger partial charge in [-0.1, -0.05) is 12.2 Å². The van der Waals surface area contributed by atoms with E-state index in [1.807, 2.05) is 31.2 Å². The molecule has 4 heteroatoms. The van der Waals surface area contributed by atoms with Gasteiger partial charge in [0.1, 0.15) is 5.75 Å². The Kier molecular flexibility index (Phi) is 2.59. The number of benzene rings is 1. The van der Waals surface area contributed by atoms with Crippen LogP contribution in [0.2, 0.25) is 0 Å². The monoisotopic (exact) mass is 309 g/mol. The Bertz CT molecular complexity index is 687. The minimum atomic E-state index is -0.132. The summed E-state index contributed by atoms with van der Waals surface area (Å²) in [7, 11) is 0. The van der Waals surface area contributed by atoms with Gasteiger partial charge in [0.2, 0.25) is 11.8 Å². The van der Waals surface area contributed by atoms with Crippen LogP contribution in [-0.4, -0.2) is 18.4 Å². The van der Waals surface area contributed by atoms with Gasteiger partial charge in [-0.2, -0.15) is 0 Å². The summed E-state index contributed by atoms with van der Waals surface area (Å²) in [5.74, 6) is 2.32. The molecule has 0 spiro atoms. The molecule has 1 aromatic rings. The molecular formula is C19H19NO3. The number of rotatable bonds is 3. The third kappa shape index (κ3) is 1.66. The van der Waals surface area contributed by atoms with Crippen molar-refractivity contribution in [3.05, 3.63) is 36.4 Å². The number of hydrogen-bond acceptors (Lipinski definition) is 3. The summed E-state index contributed by atoms with van der Waals surface area (Å²) in [4.78, 5) is 27.3. The van der Waals surface area contributed by atoms with Crippen molar-refractivity contribution in [1.29, 1.82) is 0 Å². The zero-order valence-electron chi connectivity index (χ0n) is 13.0. The molecular weight excluding hydrogens is 290 g/mol. The average Bonchev–Trinajstić information content (AvgIpc) is 3.34. The first-order chi connectivity index (χ1) is 11.2. The van der Waals surface area contributed by atoms with E-state index in [1.54, 1.807) is 0 Å². The molecule has 2 bridgehead atoms. The Morgan fingerprint density at radius 2 is 1.57 bits per heavy atom. The molecule has 6 rings (SSSR count). The van der Waals surface area contributed by atoms with Crippen molar-refractivity contribution in [1.82, 2.24) is 0 Å². The fourth-order valence-corrected chi connectivity index (χ4v) is 5.07. The van der Waals surface area contributed by atoms with E-state index in [-0.39, 0.29) is 35.5 Å². The number of ether oxygens (including phenoxy) is 1. The summed E-state index contributed by atoms with van der Waals surface area (Å²) in [6.45, 7) is 2.53.